The highest BCUT2D eigenvalue weighted by Crippen LogP contribution is 2.31. The number of benzene rings is 1. The molecular weight excluding hydrogens is 334 g/mol. The van der Waals surface area contributed by atoms with E-state index >= 15 is 0 Å². The second-order valence-corrected chi connectivity index (χ2v) is 6.57. The lowest BCUT2D eigenvalue weighted by Gasteiger charge is -2.12. The van der Waals surface area contributed by atoms with Crippen LogP contribution in [0.25, 0.3) is 22.1 Å². The molecule has 4 aromatic rings. The third-order valence-corrected chi connectivity index (χ3v) is 5.01. The molecule has 0 amide bonds. The SMILES string of the molecule is CCc1[nH]c2nc(C(C)c3ccc4nccnc4c3)nc(C)c2c1Cl. The van der Waals surface area contributed by atoms with E-state index in [2.05, 4.69) is 40.9 Å². The molecule has 0 aliphatic carbocycles. The predicted octanol–water partition coefficient (Wildman–Crippen LogP) is 4.58. The lowest BCUT2D eigenvalue weighted by atomic mass is 9.99. The lowest BCUT2D eigenvalue weighted by molar-refractivity contribution is 0.816. The topological polar surface area (TPSA) is 67.3 Å². The lowest BCUT2D eigenvalue weighted by Crippen LogP contribution is -2.04. The van der Waals surface area contributed by atoms with Crippen molar-refractivity contribution in [2.24, 2.45) is 0 Å². The monoisotopic (exact) mass is 351 g/mol. The highest BCUT2D eigenvalue weighted by molar-refractivity contribution is 6.36. The first kappa shape index (κ1) is 16.0. The molecule has 1 unspecified atom stereocenters. The summed E-state index contributed by atoms with van der Waals surface area (Å²) in [5, 5.41) is 1.65. The van der Waals surface area contributed by atoms with E-state index in [9.17, 15) is 0 Å². The minimum absolute atomic E-state index is 0.0432. The van der Waals surface area contributed by atoms with Crippen LogP contribution in [-0.2, 0) is 6.42 Å². The maximum Gasteiger partial charge on any atom is 0.143 e. The summed E-state index contributed by atoms with van der Waals surface area (Å²) in [6, 6.07) is 6.10. The number of halogens is 1. The zero-order valence-corrected chi connectivity index (χ0v) is 15.1. The molecule has 0 saturated heterocycles. The van der Waals surface area contributed by atoms with Crippen molar-refractivity contribution in [2.45, 2.75) is 33.1 Å². The summed E-state index contributed by atoms with van der Waals surface area (Å²) in [5.74, 6) is 0.815. The molecule has 126 valence electrons. The van der Waals surface area contributed by atoms with Gasteiger partial charge in [0, 0.05) is 24.0 Å². The summed E-state index contributed by atoms with van der Waals surface area (Å²) < 4.78 is 0. The maximum absolute atomic E-state index is 6.45. The molecule has 1 aromatic carbocycles. The average Bonchev–Trinajstić information content (AvgIpc) is 2.97. The Morgan fingerprint density at radius 2 is 1.88 bits per heavy atom. The van der Waals surface area contributed by atoms with Gasteiger partial charge in [-0.2, -0.15) is 0 Å². The van der Waals surface area contributed by atoms with Crippen LogP contribution >= 0.6 is 11.6 Å². The molecule has 3 aromatic heterocycles. The van der Waals surface area contributed by atoms with Crippen LogP contribution in [0.1, 0.15) is 42.5 Å². The number of fused-ring (bicyclic) bond motifs is 2. The van der Waals surface area contributed by atoms with E-state index in [1.807, 2.05) is 13.0 Å². The maximum atomic E-state index is 6.45. The Morgan fingerprint density at radius 1 is 1.12 bits per heavy atom. The highest BCUT2D eigenvalue weighted by Gasteiger charge is 2.18. The molecule has 25 heavy (non-hydrogen) atoms. The van der Waals surface area contributed by atoms with Crippen molar-refractivity contribution >= 4 is 33.7 Å². The summed E-state index contributed by atoms with van der Waals surface area (Å²) in [7, 11) is 0. The Kier molecular flexibility index (Phi) is 3.88. The Balaban J connectivity index is 1.82. The smallest absolute Gasteiger partial charge is 0.143 e. The van der Waals surface area contributed by atoms with E-state index in [0.717, 1.165) is 56.3 Å². The fourth-order valence-corrected chi connectivity index (χ4v) is 3.54. The second kappa shape index (κ2) is 6.08. The molecule has 0 bridgehead atoms. The fraction of sp³-hybridized carbons (Fsp3) is 0.263. The van der Waals surface area contributed by atoms with Gasteiger partial charge in [-0.05, 0) is 31.0 Å². The van der Waals surface area contributed by atoms with Crippen LogP contribution < -0.4 is 0 Å². The van der Waals surface area contributed by atoms with Crippen molar-refractivity contribution in [3.05, 3.63) is 58.4 Å². The van der Waals surface area contributed by atoms with Gasteiger partial charge in [0.25, 0.3) is 0 Å². The Morgan fingerprint density at radius 3 is 2.64 bits per heavy atom. The van der Waals surface area contributed by atoms with E-state index in [1.54, 1.807) is 12.4 Å². The van der Waals surface area contributed by atoms with Crippen molar-refractivity contribution in [3.8, 4) is 0 Å². The van der Waals surface area contributed by atoms with E-state index < -0.39 is 0 Å². The number of nitrogens with zero attached hydrogens (tertiary/aromatic N) is 4. The van der Waals surface area contributed by atoms with Crippen molar-refractivity contribution in [1.82, 2.24) is 24.9 Å². The molecule has 0 aliphatic rings. The van der Waals surface area contributed by atoms with Crippen LogP contribution in [0.2, 0.25) is 5.02 Å². The minimum Gasteiger partial charge on any atom is -0.342 e. The van der Waals surface area contributed by atoms with Crippen LogP contribution in [0.15, 0.2) is 30.6 Å². The molecule has 5 nitrogen and oxygen atoms in total. The number of nitrogens with one attached hydrogen (secondary N) is 1. The molecule has 0 spiro atoms. The minimum atomic E-state index is 0.0432. The molecule has 3 heterocycles. The van der Waals surface area contributed by atoms with Gasteiger partial charge < -0.3 is 4.98 Å². The first-order chi connectivity index (χ1) is 12.1. The number of H-pyrrole nitrogens is 1. The number of hydrogen-bond acceptors (Lipinski definition) is 4. The number of aryl methyl sites for hydroxylation is 2. The fourth-order valence-electron chi connectivity index (χ4n) is 3.13. The van der Waals surface area contributed by atoms with Gasteiger partial charge in [-0.1, -0.05) is 31.5 Å². The molecule has 1 N–H and O–H groups in total. The van der Waals surface area contributed by atoms with E-state index in [0.29, 0.717) is 0 Å². The summed E-state index contributed by atoms with van der Waals surface area (Å²) in [6.07, 6.45) is 4.24. The molecule has 0 fully saturated rings. The second-order valence-electron chi connectivity index (χ2n) is 6.19. The molecular formula is C19H18ClN5. The third kappa shape index (κ3) is 2.65. The van der Waals surface area contributed by atoms with Gasteiger partial charge in [0.2, 0.25) is 0 Å². The zero-order chi connectivity index (χ0) is 17.6. The van der Waals surface area contributed by atoms with Crippen molar-refractivity contribution in [1.29, 1.82) is 0 Å². The van der Waals surface area contributed by atoms with Crippen LogP contribution in [0, 0.1) is 6.92 Å². The van der Waals surface area contributed by atoms with Gasteiger partial charge in [0.15, 0.2) is 0 Å². The molecule has 0 saturated carbocycles. The number of aromatic nitrogens is 5. The molecule has 1 atom stereocenters. The van der Waals surface area contributed by atoms with Crippen molar-refractivity contribution in [2.75, 3.05) is 0 Å². The predicted molar refractivity (Wildman–Crippen MR) is 100 cm³/mol. The Labute approximate surface area is 150 Å². The molecule has 0 aliphatic heterocycles. The normalized spacial score (nSPS) is 12.8. The number of aromatic amines is 1. The van der Waals surface area contributed by atoms with E-state index in [-0.39, 0.29) is 5.92 Å². The summed E-state index contributed by atoms with van der Waals surface area (Å²) >= 11 is 6.45. The number of rotatable bonds is 3. The van der Waals surface area contributed by atoms with Crippen LogP contribution in [0.3, 0.4) is 0 Å². The summed E-state index contributed by atoms with van der Waals surface area (Å²) in [6.45, 7) is 6.15. The van der Waals surface area contributed by atoms with Crippen LogP contribution in [0.4, 0.5) is 0 Å². The third-order valence-electron chi connectivity index (χ3n) is 4.60. The van der Waals surface area contributed by atoms with Gasteiger partial charge in [-0.15, -0.1) is 0 Å². The van der Waals surface area contributed by atoms with Gasteiger partial charge in [0.1, 0.15) is 11.5 Å². The zero-order valence-electron chi connectivity index (χ0n) is 14.3. The van der Waals surface area contributed by atoms with Gasteiger partial charge >= 0.3 is 0 Å². The average molecular weight is 352 g/mol. The van der Waals surface area contributed by atoms with Gasteiger partial charge in [-0.3, -0.25) is 9.97 Å². The molecule has 0 radical (unpaired) electrons. The number of hydrogen-bond donors (Lipinski definition) is 1. The van der Waals surface area contributed by atoms with Gasteiger partial charge in [0.05, 0.1) is 27.1 Å². The van der Waals surface area contributed by atoms with Gasteiger partial charge in [-0.25, -0.2) is 9.97 Å². The summed E-state index contributed by atoms with van der Waals surface area (Å²) in [5.41, 5.74) is 5.57. The van der Waals surface area contributed by atoms with E-state index in [1.165, 1.54) is 0 Å². The van der Waals surface area contributed by atoms with E-state index in [4.69, 9.17) is 21.6 Å². The Hall–Kier alpha value is -2.53. The molecule has 6 heteroatoms. The Bertz CT molecular complexity index is 1090. The quantitative estimate of drug-likeness (QED) is 0.586. The summed E-state index contributed by atoms with van der Waals surface area (Å²) in [4.78, 5) is 21.5. The highest BCUT2D eigenvalue weighted by atomic mass is 35.5. The van der Waals surface area contributed by atoms with Crippen LogP contribution in [0.5, 0.6) is 0 Å². The molecule has 4 rings (SSSR count). The first-order valence-corrected chi connectivity index (χ1v) is 8.71. The largest absolute Gasteiger partial charge is 0.342 e. The van der Waals surface area contributed by atoms with Crippen molar-refractivity contribution in [3.63, 3.8) is 0 Å². The van der Waals surface area contributed by atoms with Crippen molar-refractivity contribution < 1.29 is 0 Å². The standard InChI is InChI=1S/C19H18ClN5/c1-4-13-17(20)16-11(3)23-18(25-19(16)24-13)10(2)12-5-6-14-15(9-12)22-8-7-21-14/h5-10H,4H2,1-3H3,(H,23,24,25). The first-order valence-electron chi connectivity index (χ1n) is 8.33. The van der Waals surface area contributed by atoms with Crippen LogP contribution in [-0.4, -0.2) is 24.9 Å².